The molecule has 122 valence electrons. The highest BCUT2D eigenvalue weighted by molar-refractivity contribution is 5.40. The lowest BCUT2D eigenvalue weighted by Gasteiger charge is -2.08. The van der Waals surface area contributed by atoms with E-state index in [2.05, 4.69) is 32.7 Å². The summed E-state index contributed by atoms with van der Waals surface area (Å²) in [7, 11) is 0. The fraction of sp³-hybridized carbons (Fsp3) is 0.158. The lowest BCUT2D eigenvalue weighted by atomic mass is 10.1. The lowest BCUT2D eigenvalue weighted by molar-refractivity contribution is 0.626. The summed E-state index contributed by atoms with van der Waals surface area (Å²) in [4.78, 5) is 8.63. The van der Waals surface area contributed by atoms with Crippen LogP contribution < -0.4 is 10.6 Å². The third-order valence-electron chi connectivity index (χ3n) is 3.56. The molecule has 0 aliphatic carbocycles. The van der Waals surface area contributed by atoms with Gasteiger partial charge in [0.25, 0.3) is 0 Å². The molecule has 0 atom stereocenters. The molecule has 3 aromatic rings. The van der Waals surface area contributed by atoms with Gasteiger partial charge in [0.2, 0.25) is 5.95 Å². The van der Waals surface area contributed by atoms with Crippen LogP contribution in [0.15, 0.2) is 66.9 Å². The molecule has 0 unspecified atom stereocenters. The minimum atomic E-state index is -0.236. The first kappa shape index (κ1) is 15.9. The molecule has 4 nitrogen and oxygen atoms in total. The first-order valence-electron chi connectivity index (χ1n) is 7.89. The van der Waals surface area contributed by atoms with Crippen LogP contribution in [0.2, 0.25) is 0 Å². The Hall–Kier alpha value is -2.95. The largest absolute Gasteiger partial charge is 0.366 e. The molecule has 3 rings (SSSR count). The molecule has 2 N–H and O–H groups in total. The van der Waals surface area contributed by atoms with Gasteiger partial charge in [-0.15, -0.1) is 0 Å². The number of hydrogen-bond acceptors (Lipinski definition) is 4. The number of halogens is 1. The van der Waals surface area contributed by atoms with E-state index in [9.17, 15) is 4.39 Å². The van der Waals surface area contributed by atoms with Gasteiger partial charge < -0.3 is 10.6 Å². The van der Waals surface area contributed by atoms with E-state index in [1.54, 1.807) is 18.3 Å². The topological polar surface area (TPSA) is 49.8 Å². The van der Waals surface area contributed by atoms with Crippen molar-refractivity contribution in [1.82, 2.24) is 9.97 Å². The molecule has 24 heavy (non-hydrogen) atoms. The van der Waals surface area contributed by atoms with Crippen LogP contribution in [0.1, 0.15) is 11.1 Å². The van der Waals surface area contributed by atoms with Crippen molar-refractivity contribution in [2.24, 2.45) is 0 Å². The van der Waals surface area contributed by atoms with E-state index in [1.165, 1.54) is 17.7 Å². The van der Waals surface area contributed by atoms with Crippen molar-refractivity contribution in [3.63, 3.8) is 0 Å². The summed E-state index contributed by atoms with van der Waals surface area (Å²) in [6, 6.07) is 18.6. The second-order valence-electron chi connectivity index (χ2n) is 5.41. The average molecular weight is 322 g/mol. The Labute approximate surface area is 140 Å². The van der Waals surface area contributed by atoms with Crippen molar-refractivity contribution < 1.29 is 4.39 Å². The Balaban J connectivity index is 1.52. The van der Waals surface area contributed by atoms with E-state index < -0.39 is 0 Å². The van der Waals surface area contributed by atoms with Gasteiger partial charge in [-0.25, -0.2) is 9.37 Å². The second-order valence-corrected chi connectivity index (χ2v) is 5.41. The monoisotopic (exact) mass is 322 g/mol. The molecule has 2 aromatic carbocycles. The Bertz CT molecular complexity index is 777. The summed E-state index contributed by atoms with van der Waals surface area (Å²) < 4.78 is 13.2. The number of anilines is 2. The molecule has 0 saturated carbocycles. The van der Waals surface area contributed by atoms with E-state index in [1.807, 2.05) is 24.3 Å². The standard InChI is InChI=1S/C19H19FN4/c20-17-8-4-7-16(13-17)14-23-18-10-12-22-19(24-18)21-11-9-15-5-2-1-3-6-15/h1-8,10,12-13H,9,11,14H2,(H2,21,22,23,24). The maximum atomic E-state index is 13.2. The van der Waals surface area contributed by atoms with Crippen LogP contribution in [-0.4, -0.2) is 16.5 Å². The number of hydrogen-bond donors (Lipinski definition) is 2. The fourth-order valence-electron chi connectivity index (χ4n) is 2.35. The van der Waals surface area contributed by atoms with Crippen molar-refractivity contribution in [3.8, 4) is 0 Å². The SMILES string of the molecule is Fc1cccc(CNc2ccnc(NCCc3ccccc3)n2)c1. The highest BCUT2D eigenvalue weighted by Crippen LogP contribution is 2.10. The van der Waals surface area contributed by atoms with Crippen LogP contribution in [0, 0.1) is 5.82 Å². The van der Waals surface area contributed by atoms with Gasteiger partial charge in [-0.05, 0) is 35.7 Å². The van der Waals surface area contributed by atoms with Crippen LogP contribution in [0.3, 0.4) is 0 Å². The quantitative estimate of drug-likeness (QED) is 0.693. The van der Waals surface area contributed by atoms with Gasteiger partial charge in [0.1, 0.15) is 11.6 Å². The van der Waals surface area contributed by atoms with Crippen molar-refractivity contribution in [1.29, 1.82) is 0 Å². The predicted octanol–water partition coefficient (Wildman–Crippen LogP) is 3.88. The molecule has 0 saturated heterocycles. The first-order valence-corrected chi connectivity index (χ1v) is 7.89. The number of nitrogens with one attached hydrogen (secondary N) is 2. The van der Waals surface area contributed by atoms with Gasteiger partial charge in [-0.3, -0.25) is 0 Å². The van der Waals surface area contributed by atoms with Crippen molar-refractivity contribution in [3.05, 3.63) is 83.8 Å². The summed E-state index contributed by atoms with van der Waals surface area (Å²) in [5.41, 5.74) is 2.14. The molecule has 1 aromatic heterocycles. The number of nitrogens with zero attached hydrogens (tertiary/aromatic N) is 2. The third kappa shape index (κ3) is 4.78. The van der Waals surface area contributed by atoms with Crippen LogP contribution in [-0.2, 0) is 13.0 Å². The van der Waals surface area contributed by atoms with Crippen LogP contribution in [0.5, 0.6) is 0 Å². The maximum Gasteiger partial charge on any atom is 0.224 e. The number of aromatic nitrogens is 2. The fourth-order valence-corrected chi connectivity index (χ4v) is 2.35. The van der Waals surface area contributed by atoms with Gasteiger partial charge in [0.05, 0.1) is 0 Å². The zero-order valence-electron chi connectivity index (χ0n) is 13.2. The third-order valence-corrected chi connectivity index (χ3v) is 3.56. The summed E-state index contributed by atoms with van der Waals surface area (Å²) in [6.07, 6.45) is 2.61. The van der Waals surface area contributed by atoms with Gasteiger partial charge in [0.15, 0.2) is 0 Å². The first-order chi connectivity index (χ1) is 11.8. The Morgan fingerprint density at radius 3 is 2.54 bits per heavy atom. The molecule has 0 aliphatic rings. The van der Waals surface area contributed by atoms with Crippen LogP contribution in [0.4, 0.5) is 16.2 Å². The molecule has 0 aliphatic heterocycles. The Morgan fingerprint density at radius 2 is 1.71 bits per heavy atom. The van der Waals surface area contributed by atoms with E-state index in [-0.39, 0.29) is 5.82 Å². The summed E-state index contributed by atoms with van der Waals surface area (Å²) >= 11 is 0. The minimum Gasteiger partial charge on any atom is -0.366 e. The average Bonchev–Trinajstić information content (AvgIpc) is 2.61. The molecular weight excluding hydrogens is 303 g/mol. The summed E-state index contributed by atoms with van der Waals surface area (Å²) in [6.45, 7) is 1.27. The van der Waals surface area contributed by atoms with E-state index in [4.69, 9.17) is 0 Å². The maximum absolute atomic E-state index is 13.2. The summed E-state index contributed by atoms with van der Waals surface area (Å²) in [5.74, 6) is 1.05. The highest BCUT2D eigenvalue weighted by atomic mass is 19.1. The Kier molecular flexibility index (Phi) is 5.35. The van der Waals surface area contributed by atoms with Crippen LogP contribution >= 0.6 is 0 Å². The number of benzene rings is 2. The zero-order chi connectivity index (χ0) is 16.6. The minimum absolute atomic E-state index is 0.236. The van der Waals surface area contributed by atoms with Gasteiger partial charge in [0, 0.05) is 19.3 Å². The van der Waals surface area contributed by atoms with Gasteiger partial charge >= 0.3 is 0 Å². The molecule has 0 amide bonds. The van der Waals surface area contributed by atoms with Gasteiger partial charge in [-0.2, -0.15) is 4.98 Å². The highest BCUT2D eigenvalue weighted by Gasteiger charge is 2.00. The zero-order valence-corrected chi connectivity index (χ0v) is 13.2. The normalized spacial score (nSPS) is 10.4. The smallest absolute Gasteiger partial charge is 0.224 e. The lowest BCUT2D eigenvalue weighted by Crippen LogP contribution is -2.09. The van der Waals surface area contributed by atoms with Gasteiger partial charge in [-0.1, -0.05) is 42.5 Å². The number of rotatable bonds is 7. The van der Waals surface area contributed by atoms with Crippen molar-refractivity contribution >= 4 is 11.8 Å². The molecule has 0 radical (unpaired) electrons. The van der Waals surface area contributed by atoms with E-state index in [0.717, 1.165) is 18.5 Å². The predicted molar refractivity (Wildman–Crippen MR) is 94.4 cm³/mol. The van der Waals surface area contributed by atoms with E-state index in [0.29, 0.717) is 18.3 Å². The summed E-state index contributed by atoms with van der Waals surface area (Å²) in [5, 5.41) is 6.40. The molecule has 0 fully saturated rings. The molecule has 5 heteroatoms. The molecule has 0 bridgehead atoms. The van der Waals surface area contributed by atoms with Crippen LogP contribution in [0.25, 0.3) is 0 Å². The van der Waals surface area contributed by atoms with Crippen molar-refractivity contribution in [2.45, 2.75) is 13.0 Å². The van der Waals surface area contributed by atoms with E-state index >= 15 is 0 Å². The molecular formula is C19H19FN4. The molecule has 1 heterocycles. The Morgan fingerprint density at radius 1 is 0.875 bits per heavy atom. The molecule has 0 spiro atoms. The second kappa shape index (κ2) is 8.06. The van der Waals surface area contributed by atoms with Crippen molar-refractivity contribution in [2.75, 3.05) is 17.2 Å².